The van der Waals surface area contributed by atoms with E-state index in [-0.39, 0.29) is 5.91 Å². The summed E-state index contributed by atoms with van der Waals surface area (Å²) in [6, 6.07) is 8.53. The zero-order chi connectivity index (χ0) is 13.9. The molecule has 1 fully saturated rings. The SMILES string of the molecule is CCCN(C(=O)Cc1c[nH]c2ccccc12)C1CNC1. The highest BCUT2D eigenvalue weighted by Gasteiger charge is 2.27. The molecule has 1 saturated heterocycles. The van der Waals surface area contributed by atoms with E-state index in [0.717, 1.165) is 42.5 Å². The number of carbonyl (C=O) groups is 1. The van der Waals surface area contributed by atoms with Gasteiger partial charge in [-0.05, 0) is 18.1 Å². The number of amides is 1. The second-order valence-corrected chi connectivity index (χ2v) is 5.44. The van der Waals surface area contributed by atoms with Crippen molar-refractivity contribution in [3.8, 4) is 0 Å². The van der Waals surface area contributed by atoms with Gasteiger partial charge >= 0.3 is 0 Å². The van der Waals surface area contributed by atoms with E-state index < -0.39 is 0 Å². The summed E-state index contributed by atoms with van der Waals surface area (Å²) in [4.78, 5) is 17.8. The molecule has 1 aromatic heterocycles. The molecule has 20 heavy (non-hydrogen) atoms. The van der Waals surface area contributed by atoms with Gasteiger partial charge in [0.25, 0.3) is 0 Å². The fourth-order valence-electron chi connectivity index (χ4n) is 2.79. The fourth-order valence-corrected chi connectivity index (χ4v) is 2.79. The molecule has 2 aromatic rings. The lowest BCUT2D eigenvalue weighted by atomic mass is 10.1. The van der Waals surface area contributed by atoms with Gasteiger partial charge in [-0.3, -0.25) is 4.79 Å². The molecule has 0 bridgehead atoms. The van der Waals surface area contributed by atoms with Gasteiger partial charge in [-0.15, -0.1) is 0 Å². The van der Waals surface area contributed by atoms with Gasteiger partial charge in [-0.1, -0.05) is 25.1 Å². The Morgan fingerprint density at radius 1 is 1.35 bits per heavy atom. The van der Waals surface area contributed by atoms with E-state index in [1.165, 1.54) is 0 Å². The Kier molecular flexibility index (Phi) is 3.74. The number of hydrogen-bond acceptors (Lipinski definition) is 2. The summed E-state index contributed by atoms with van der Waals surface area (Å²) in [5.41, 5.74) is 2.20. The van der Waals surface area contributed by atoms with E-state index in [4.69, 9.17) is 0 Å². The Morgan fingerprint density at radius 3 is 2.85 bits per heavy atom. The molecule has 0 aliphatic carbocycles. The second kappa shape index (κ2) is 5.67. The summed E-state index contributed by atoms with van der Waals surface area (Å²) in [6.07, 6.45) is 3.46. The number of hydrogen-bond donors (Lipinski definition) is 2. The summed E-state index contributed by atoms with van der Waals surface area (Å²) in [7, 11) is 0. The molecule has 0 radical (unpaired) electrons. The monoisotopic (exact) mass is 271 g/mol. The third-order valence-electron chi connectivity index (χ3n) is 4.00. The molecule has 0 saturated carbocycles. The molecule has 4 nitrogen and oxygen atoms in total. The summed E-state index contributed by atoms with van der Waals surface area (Å²) >= 11 is 0. The predicted octanol–water partition coefficient (Wildman–Crippen LogP) is 1.92. The van der Waals surface area contributed by atoms with E-state index in [0.29, 0.717) is 12.5 Å². The maximum atomic E-state index is 12.6. The minimum Gasteiger partial charge on any atom is -0.361 e. The van der Waals surface area contributed by atoms with Gasteiger partial charge in [0, 0.05) is 36.7 Å². The number of nitrogens with one attached hydrogen (secondary N) is 2. The van der Waals surface area contributed by atoms with Gasteiger partial charge in [0.05, 0.1) is 12.5 Å². The zero-order valence-corrected chi connectivity index (χ0v) is 11.9. The van der Waals surface area contributed by atoms with Gasteiger partial charge in [-0.2, -0.15) is 0 Å². The average molecular weight is 271 g/mol. The molecule has 2 heterocycles. The smallest absolute Gasteiger partial charge is 0.227 e. The summed E-state index contributed by atoms with van der Waals surface area (Å²) in [6.45, 7) is 4.84. The van der Waals surface area contributed by atoms with Crippen LogP contribution in [-0.2, 0) is 11.2 Å². The predicted molar refractivity (Wildman–Crippen MR) is 80.7 cm³/mol. The second-order valence-electron chi connectivity index (χ2n) is 5.44. The summed E-state index contributed by atoms with van der Waals surface area (Å²) < 4.78 is 0. The first-order valence-corrected chi connectivity index (χ1v) is 7.34. The number of carbonyl (C=O) groups excluding carboxylic acids is 1. The molecule has 106 valence electrons. The minimum absolute atomic E-state index is 0.239. The highest BCUT2D eigenvalue weighted by molar-refractivity contribution is 5.89. The van der Waals surface area contributed by atoms with Crippen LogP contribution >= 0.6 is 0 Å². The molecular weight excluding hydrogens is 250 g/mol. The van der Waals surface area contributed by atoms with Crippen molar-refractivity contribution < 1.29 is 4.79 Å². The first-order valence-electron chi connectivity index (χ1n) is 7.34. The van der Waals surface area contributed by atoms with Crippen molar-refractivity contribution in [2.45, 2.75) is 25.8 Å². The molecule has 1 amide bonds. The van der Waals surface area contributed by atoms with Crippen LogP contribution in [-0.4, -0.2) is 41.5 Å². The van der Waals surface area contributed by atoms with E-state index in [2.05, 4.69) is 23.3 Å². The van der Waals surface area contributed by atoms with Crippen LogP contribution in [0.1, 0.15) is 18.9 Å². The Bertz CT molecular complexity index is 601. The standard InChI is InChI=1S/C16H21N3O/c1-2-7-19(13-10-17-11-13)16(20)8-12-9-18-15-6-4-3-5-14(12)15/h3-6,9,13,17-18H,2,7-8,10-11H2,1H3. The van der Waals surface area contributed by atoms with Crippen molar-refractivity contribution in [3.05, 3.63) is 36.0 Å². The molecule has 0 spiro atoms. The number of benzene rings is 1. The maximum absolute atomic E-state index is 12.6. The van der Waals surface area contributed by atoms with E-state index >= 15 is 0 Å². The van der Waals surface area contributed by atoms with Gasteiger partial charge in [0.15, 0.2) is 0 Å². The van der Waals surface area contributed by atoms with Crippen molar-refractivity contribution in [3.63, 3.8) is 0 Å². The number of H-pyrrole nitrogens is 1. The third kappa shape index (κ3) is 2.43. The van der Waals surface area contributed by atoms with Crippen molar-refractivity contribution in [1.82, 2.24) is 15.2 Å². The van der Waals surface area contributed by atoms with Crippen molar-refractivity contribution in [2.75, 3.05) is 19.6 Å². The van der Waals surface area contributed by atoms with Crippen molar-refractivity contribution in [1.29, 1.82) is 0 Å². The van der Waals surface area contributed by atoms with Crippen LogP contribution in [0.2, 0.25) is 0 Å². The Balaban J connectivity index is 1.76. The first-order chi connectivity index (χ1) is 9.79. The molecule has 0 atom stereocenters. The lowest BCUT2D eigenvalue weighted by molar-refractivity contribution is -0.133. The Morgan fingerprint density at radius 2 is 2.15 bits per heavy atom. The van der Waals surface area contributed by atoms with Crippen molar-refractivity contribution >= 4 is 16.8 Å². The largest absolute Gasteiger partial charge is 0.361 e. The summed E-state index contributed by atoms with van der Waals surface area (Å²) in [5.74, 6) is 0.239. The normalized spacial score (nSPS) is 15.2. The van der Waals surface area contributed by atoms with Crippen LogP contribution in [0.15, 0.2) is 30.5 Å². The minimum atomic E-state index is 0.239. The molecule has 1 aromatic carbocycles. The first kappa shape index (κ1) is 13.2. The van der Waals surface area contributed by atoms with Gasteiger partial charge < -0.3 is 15.2 Å². The maximum Gasteiger partial charge on any atom is 0.227 e. The molecule has 4 heteroatoms. The summed E-state index contributed by atoms with van der Waals surface area (Å²) in [5, 5.41) is 4.40. The third-order valence-corrected chi connectivity index (χ3v) is 4.00. The highest BCUT2D eigenvalue weighted by atomic mass is 16.2. The van der Waals surface area contributed by atoms with Crippen LogP contribution in [0.25, 0.3) is 10.9 Å². The van der Waals surface area contributed by atoms with Crippen LogP contribution < -0.4 is 5.32 Å². The van der Waals surface area contributed by atoms with Gasteiger partial charge in [0.2, 0.25) is 5.91 Å². The number of aromatic amines is 1. The number of rotatable bonds is 5. The quantitative estimate of drug-likeness (QED) is 0.873. The highest BCUT2D eigenvalue weighted by Crippen LogP contribution is 2.19. The lowest BCUT2D eigenvalue weighted by Gasteiger charge is -2.38. The number of fused-ring (bicyclic) bond motifs is 1. The van der Waals surface area contributed by atoms with Gasteiger partial charge in [-0.25, -0.2) is 0 Å². The Labute approximate surface area is 119 Å². The fraction of sp³-hybridized carbons (Fsp3) is 0.438. The lowest BCUT2D eigenvalue weighted by Crippen LogP contribution is -2.59. The molecule has 1 aliphatic rings. The molecule has 3 rings (SSSR count). The number of aromatic nitrogens is 1. The average Bonchev–Trinajstić information content (AvgIpc) is 2.80. The van der Waals surface area contributed by atoms with E-state index in [1.807, 2.05) is 29.3 Å². The van der Waals surface area contributed by atoms with Gasteiger partial charge in [0.1, 0.15) is 0 Å². The topological polar surface area (TPSA) is 48.1 Å². The van der Waals surface area contributed by atoms with Crippen molar-refractivity contribution in [2.24, 2.45) is 0 Å². The van der Waals surface area contributed by atoms with E-state index in [1.54, 1.807) is 0 Å². The van der Waals surface area contributed by atoms with Crippen LogP contribution in [0.5, 0.6) is 0 Å². The number of nitrogens with zero attached hydrogens (tertiary/aromatic N) is 1. The molecular formula is C16H21N3O. The number of para-hydroxylation sites is 1. The van der Waals surface area contributed by atoms with E-state index in [9.17, 15) is 4.79 Å². The Hall–Kier alpha value is -1.81. The van der Waals surface area contributed by atoms with Crippen LogP contribution in [0.3, 0.4) is 0 Å². The van der Waals surface area contributed by atoms with Crippen LogP contribution in [0, 0.1) is 0 Å². The molecule has 2 N–H and O–H groups in total. The zero-order valence-electron chi connectivity index (χ0n) is 11.9. The van der Waals surface area contributed by atoms with Crippen LogP contribution in [0.4, 0.5) is 0 Å². The molecule has 0 unspecified atom stereocenters. The molecule has 1 aliphatic heterocycles.